The van der Waals surface area contributed by atoms with Crippen molar-refractivity contribution in [3.8, 4) is 28.1 Å². The van der Waals surface area contributed by atoms with Gasteiger partial charge in [0.2, 0.25) is 5.91 Å². The van der Waals surface area contributed by atoms with Crippen molar-refractivity contribution in [1.29, 1.82) is 0 Å². The third-order valence-corrected chi connectivity index (χ3v) is 8.69. The van der Waals surface area contributed by atoms with E-state index >= 15 is 0 Å². The van der Waals surface area contributed by atoms with Crippen LogP contribution < -0.4 is 15.5 Å². The summed E-state index contributed by atoms with van der Waals surface area (Å²) >= 11 is 0. The second-order valence-corrected chi connectivity index (χ2v) is 12.7. The number of carbonyl (C=O) groups excluding carboxylic acids is 2. The van der Waals surface area contributed by atoms with Crippen LogP contribution in [0.15, 0.2) is 109 Å². The van der Waals surface area contributed by atoms with E-state index in [0.29, 0.717) is 34.7 Å². The number of anilines is 1. The number of ether oxygens (including phenoxy) is 2. The van der Waals surface area contributed by atoms with Gasteiger partial charge in [-0.25, -0.2) is 9.87 Å². The van der Waals surface area contributed by atoms with Gasteiger partial charge in [-0.3, -0.25) is 14.8 Å². The predicted octanol–water partition coefficient (Wildman–Crippen LogP) is 7.97. The minimum Gasteiger partial charge on any atom is -0.497 e. The van der Waals surface area contributed by atoms with Crippen molar-refractivity contribution in [3.05, 3.63) is 132 Å². The summed E-state index contributed by atoms with van der Waals surface area (Å²) < 4.78 is 27.6. The lowest BCUT2D eigenvalue weighted by atomic mass is 9.94. The number of carbonyl (C=O) groups is 2. The van der Waals surface area contributed by atoms with Crippen molar-refractivity contribution in [3.63, 3.8) is 0 Å². The largest absolute Gasteiger partial charge is 0.497 e. The topological polar surface area (TPSA) is 122 Å². The van der Waals surface area contributed by atoms with Crippen LogP contribution in [0, 0.1) is 5.82 Å². The Morgan fingerprint density at radius 3 is 2.12 bits per heavy atom. The monoisotopic (exact) mass is 693 g/mol. The Kier molecular flexibility index (Phi) is 12.7. The highest BCUT2D eigenvalue weighted by Crippen LogP contribution is 2.42. The van der Waals surface area contributed by atoms with Crippen LogP contribution in [0.2, 0.25) is 0 Å². The van der Waals surface area contributed by atoms with Crippen LogP contribution in [0.25, 0.3) is 22.4 Å². The summed E-state index contributed by atoms with van der Waals surface area (Å²) in [5, 5.41) is 23.7. The fourth-order valence-electron chi connectivity index (χ4n) is 6.31. The van der Waals surface area contributed by atoms with Gasteiger partial charge >= 0.3 is 0 Å². The van der Waals surface area contributed by atoms with Gasteiger partial charge in [0, 0.05) is 29.9 Å². The second kappa shape index (κ2) is 17.6. The first-order valence-electron chi connectivity index (χ1n) is 17.0. The van der Waals surface area contributed by atoms with Crippen LogP contribution in [0.4, 0.5) is 10.1 Å². The van der Waals surface area contributed by atoms with Crippen LogP contribution in [0.5, 0.6) is 5.75 Å². The molecule has 51 heavy (non-hydrogen) atoms. The maximum absolute atomic E-state index is 14.3. The Morgan fingerprint density at radius 2 is 1.51 bits per heavy atom. The zero-order chi connectivity index (χ0) is 36.3. The van der Waals surface area contributed by atoms with Crippen molar-refractivity contribution < 1.29 is 33.8 Å². The summed E-state index contributed by atoms with van der Waals surface area (Å²) in [7, 11) is 1.58. The number of hydrogen-bond donors (Lipinski definition) is 4. The molecule has 0 fully saturated rings. The minimum absolute atomic E-state index is 0.112. The molecule has 266 valence electrons. The number of aliphatic hydroxyl groups excluding tert-OH is 1. The molecule has 0 radical (unpaired) electrons. The number of methoxy groups -OCH3 is 1. The highest BCUT2D eigenvalue weighted by Gasteiger charge is 2.31. The number of hydroxylamine groups is 1. The van der Waals surface area contributed by atoms with Gasteiger partial charge < -0.3 is 24.5 Å². The number of rotatable bonds is 16. The van der Waals surface area contributed by atoms with E-state index in [2.05, 4.69) is 9.88 Å². The number of nitrogens with zero attached hydrogens (tertiary/aromatic N) is 1. The summed E-state index contributed by atoms with van der Waals surface area (Å²) in [5.74, 6) is -0.716. The molecule has 2 atom stereocenters. The molecule has 10 heteroatoms. The van der Waals surface area contributed by atoms with Crippen LogP contribution in [0.3, 0.4) is 0 Å². The maximum atomic E-state index is 14.3. The predicted molar refractivity (Wildman–Crippen MR) is 195 cm³/mol. The van der Waals surface area contributed by atoms with E-state index in [-0.39, 0.29) is 43.5 Å². The highest BCUT2D eigenvalue weighted by atomic mass is 19.1. The number of amides is 2. The van der Waals surface area contributed by atoms with Crippen molar-refractivity contribution in [2.75, 3.05) is 12.4 Å². The van der Waals surface area contributed by atoms with Gasteiger partial charge in [0.15, 0.2) is 0 Å². The zero-order valence-corrected chi connectivity index (χ0v) is 29.0. The molecule has 0 aliphatic heterocycles. The molecular formula is C41H44FN3O6. The van der Waals surface area contributed by atoms with E-state index in [1.807, 2.05) is 98.8 Å². The van der Waals surface area contributed by atoms with Gasteiger partial charge in [-0.1, -0.05) is 74.5 Å². The molecule has 2 unspecified atom stereocenters. The fraction of sp³-hybridized carbons (Fsp3) is 0.268. The van der Waals surface area contributed by atoms with Crippen molar-refractivity contribution in [2.45, 2.75) is 64.4 Å². The molecular weight excluding hydrogens is 649 g/mol. The van der Waals surface area contributed by atoms with E-state index in [0.717, 1.165) is 22.5 Å². The Labute approximate surface area is 297 Å². The Bertz CT molecular complexity index is 1880. The Hall–Kier alpha value is -5.29. The first kappa shape index (κ1) is 37.0. The quantitative estimate of drug-likeness (QED) is 0.0615. The molecule has 4 aromatic carbocycles. The van der Waals surface area contributed by atoms with E-state index < -0.39 is 18.1 Å². The number of nitrogens with one attached hydrogen (secondary N) is 2. The molecule has 4 N–H and O–H groups in total. The van der Waals surface area contributed by atoms with Crippen molar-refractivity contribution in [1.82, 2.24) is 10.0 Å². The molecule has 5 rings (SSSR count). The first-order valence-corrected chi connectivity index (χ1v) is 17.0. The van der Waals surface area contributed by atoms with Gasteiger partial charge in [-0.05, 0) is 77.6 Å². The number of aromatic nitrogens is 1. The molecule has 0 aliphatic rings. The lowest BCUT2D eigenvalue weighted by Gasteiger charge is -2.22. The molecule has 0 saturated carbocycles. The smallest absolute Gasteiger partial charge is 0.258 e. The summed E-state index contributed by atoms with van der Waals surface area (Å²) in [5.41, 5.74) is 7.38. The highest BCUT2D eigenvalue weighted by molar-refractivity contribution is 6.12. The van der Waals surface area contributed by atoms with Crippen LogP contribution >= 0.6 is 0 Å². The fourth-order valence-corrected chi connectivity index (χ4v) is 6.31. The van der Waals surface area contributed by atoms with E-state index in [4.69, 9.17) is 9.47 Å². The number of para-hydroxylation sites is 1. The van der Waals surface area contributed by atoms with Gasteiger partial charge in [0.1, 0.15) is 11.6 Å². The lowest BCUT2D eigenvalue weighted by molar-refractivity contribution is -0.133. The number of benzene rings is 4. The van der Waals surface area contributed by atoms with Crippen LogP contribution in [-0.4, -0.2) is 46.0 Å². The zero-order valence-electron chi connectivity index (χ0n) is 29.0. The number of aliphatic hydroxyl groups is 1. The summed E-state index contributed by atoms with van der Waals surface area (Å²) in [6, 6.07) is 32.4. The number of halogens is 1. The molecule has 9 nitrogen and oxygen atoms in total. The SMILES string of the molecule is COc1ccc(COC(CC(=O)NO)CC(O)CCn2c(-c3ccc(F)cc3)c(-c3ccccc3)c(C(=O)Nc3ccccc3)c2C(C)C)cc1. The lowest BCUT2D eigenvalue weighted by Crippen LogP contribution is -2.29. The molecule has 1 aromatic heterocycles. The molecule has 0 aliphatic carbocycles. The van der Waals surface area contributed by atoms with Crippen molar-refractivity contribution >= 4 is 17.5 Å². The minimum atomic E-state index is -0.914. The van der Waals surface area contributed by atoms with Crippen molar-refractivity contribution in [2.24, 2.45) is 0 Å². The normalized spacial score (nSPS) is 12.4. The molecule has 2 amide bonds. The standard InChI is InChI=1S/C41H44FN3O6/c1-27(2)39-38(41(48)43-32-12-8-5-9-13-32)37(29-10-6-4-7-11-29)40(30-16-18-31(42)19-17-30)45(39)23-22-33(46)24-35(25-36(47)44-49)51-26-28-14-20-34(50-3)21-15-28/h4-21,27,33,35,46,49H,22-26H2,1-3H3,(H,43,48)(H,44,47). The molecule has 0 bridgehead atoms. The van der Waals surface area contributed by atoms with Gasteiger partial charge in [-0.15, -0.1) is 0 Å². The second-order valence-electron chi connectivity index (χ2n) is 12.7. The summed E-state index contributed by atoms with van der Waals surface area (Å²) in [6.45, 7) is 4.52. The number of hydrogen-bond acceptors (Lipinski definition) is 6. The average Bonchev–Trinajstić information content (AvgIpc) is 3.50. The van der Waals surface area contributed by atoms with E-state index in [1.165, 1.54) is 12.1 Å². The molecule has 5 aromatic rings. The van der Waals surface area contributed by atoms with Gasteiger partial charge in [-0.2, -0.15) is 0 Å². The maximum Gasteiger partial charge on any atom is 0.258 e. The summed E-state index contributed by atoms with van der Waals surface area (Å²) in [4.78, 5) is 26.5. The molecule has 0 saturated heterocycles. The van der Waals surface area contributed by atoms with E-state index in [9.17, 15) is 24.3 Å². The Balaban J connectivity index is 1.51. The molecule has 0 spiro atoms. The third kappa shape index (κ3) is 9.49. The summed E-state index contributed by atoms with van der Waals surface area (Å²) in [6.07, 6.45) is -1.41. The van der Waals surface area contributed by atoms with Gasteiger partial charge in [0.25, 0.3) is 5.91 Å². The average molecular weight is 694 g/mol. The third-order valence-electron chi connectivity index (χ3n) is 8.69. The van der Waals surface area contributed by atoms with Gasteiger partial charge in [0.05, 0.1) is 43.6 Å². The Morgan fingerprint density at radius 1 is 0.863 bits per heavy atom. The van der Waals surface area contributed by atoms with Crippen LogP contribution in [-0.2, 0) is 22.7 Å². The van der Waals surface area contributed by atoms with E-state index in [1.54, 1.807) is 24.7 Å². The molecule has 1 heterocycles. The van der Waals surface area contributed by atoms with Crippen LogP contribution in [0.1, 0.15) is 60.6 Å². The first-order chi connectivity index (χ1) is 24.7.